The number of carbonyl (C=O) groups excluding carboxylic acids is 1. The van der Waals surface area contributed by atoms with Gasteiger partial charge in [0.15, 0.2) is 0 Å². The molecule has 2 aromatic rings. The molecule has 1 aromatic heterocycles. The molecule has 210 valence electrons. The van der Waals surface area contributed by atoms with Gasteiger partial charge < -0.3 is 15.0 Å². The zero-order valence-electron chi connectivity index (χ0n) is 24.9. The Hall–Kier alpha value is -2.37. The van der Waals surface area contributed by atoms with Crippen LogP contribution in [-0.2, 0) is 4.79 Å². The lowest BCUT2D eigenvalue weighted by atomic mass is 9.87. The molecule has 1 atom stereocenters. The Morgan fingerprint density at radius 1 is 1.18 bits per heavy atom. The normalized spacial score (nSPS) is 16.3. The van der Waals surface area contributed by atoms with Crippen LogP contribution in [0.3, 0.4) is 0 Å². The Kier molecular flexibility index (Phi) is 11.2. The van der Waals surface area contributed by atoms with Gasteiger partial charge in [-0.1, -0.05) is 64.8 Å². The number of aliphatic hydroxyl groups is 1. The van der Waals surface area contributed by atoms with Gasteiger partial charge in [-0.2, -0.15) is 0 Å². The van der Waals surface area contributed by atoms with E-state index in [1.54, 1.807) is 0 Å². The molecule has 38 heavy (non-hydrogen) atoms. The lowest BCUT2D eigenvalue weighted by Gasteiger charge is -2.34. The number of nitrogens with one attached hydrogen (secondary N) is 1. The second kappa shape index (κ2) is 14.1. The molecular weight excluding hydrogens is 470 g/mol. The Balaban J connectivity index is 1.75. The minimum atomic E-state index is 0.0238. The predicted octanol–water partition coefficient (Wildman–Crippen LogP) is 7.10. The average Bonchev–Trinajstić information content (AvgIpc) is 3.27. The van der Waals surface area contributed by atoms with Gasteiger partial charge in [0, 0.05) is 29.7 Å². The highest BCUT2D eigenvalue weighted by molar-refractivity contribution is 5.92. The Labute approximate surface area is 231 Å². The maximum atomic E-state index is 13.0. The maximum Gasteiger partial charge on any atom is 0.236 e. The van der Waals surface area contributed by atoms with Gasteiger partial charge in [0.05, 0.1) is 13.2 Å². The van der Waals surface area contributed by atoms with Crippen molar-refractivity contribution in [3.05, 3.63) is 52.7 Å². The Morgan fingerprint density at radius 3 is 2.47 bits per heavy atom. The van der Waals surface area contributed by atoms with Crippen molar-refractivity contribution >= 4 is 22.4 Å². The highest BCUT2D eigenvalue weighted by Crippen LogP contribution is 2.37. The van der Waals surface area contributed by atoms with Crippen molar-refractivity contribution in [1.82, 2.24) is 14.8 Å². The van der Waals surface area contributed by atoms with E-state index in [0.717, 1.165) is 45.3 Å². The van der Waals surface area contributed by atoms with Crippen molar-refractivity contribution in [2.45, 2.75) is 86.0 Å². The van der Waals surface area contributed by atoms with E-state index in [1.165, 1.54) is 38.9 Å². The smallest absolute Gasteiger partial charge is 0.236 e. The number of benzene rings is 1. The van der Waals surface area contributed by atoms with Crippen molar-refractivity contribution in [3.63, 3.8) is 0 Å². The van der Waals surface area contributed by atoms with Crippen LogP contribution in [0.2, 0.25) is 0 Å². The second-order valence-corrected chi connectivity index (χ2v) is 11.8. The summed E-state index contributed by atoms with van der Waals surface area (Å²) in [5, 5.41) is 10.8. The highest BCUT2D eigenvalue weighted by Gasteiger charge is 2.25. The quantitative estimate of drug-likeness (QED) is 0.293. The molecule has 0 aliphatic carbocycles. The molecule has 2 heterocycles. The number of likely N-dealkylation sites (tertiary alicyclic amines) is 1. The largest absolute Gasteiger partial charge is 0.395 e. The number of aromatic nitrogens is 1. The van der Waals surface area contributed by atoms with Crippen LogP contribution in [0.5, 0.6) is 0 Å². The summed E-state index contributed by atoms with van der Waals surface area (Å²) in [7, 11) is 0. The van der Waals surface area contributed by atoms with Crippen LogP contribution < -0.4 is 0 Å². The molecule has 1 aliphatic heterocycles. The molecule has 1 saturated heterocycles. The van der Waals surface area contributed by atoms with Gasteiger partial charge in [0.25, 0.3) is 0 Å². The molecule has 1 aliphatic rings. The van der Waals surface area contributed by atoms with E-state index in [1.807, 2.05) is 4.90 Å². The Bertz CT molecular complexity index is 1110. The van der Waals surface area contributed by atoms with E-state index >= 15 is 0 Å². The number of aromatic amines is 1. The minimum Gasteiger partial charge on any atom is -0.395 e. The first kappa shape index (κ1) is 30.2. The number of hydrogen-bond donors (Lipinski definition) is 2. The zero-order valence-corrected chi connectivity index (χ0v) is 24.9. The third-order valence-corrected chi connectivity index (χ3v) is 7.97. The molecule has 1 amide bonds. The first-order chi connectivity index (χ1) is 18.2. The fourth-order valence-electron chi connectivity index (χ4n) is 5.74. The first-order valence-corrected chi connectivity index (χ1v) is 14.8. The molecule has 1 unspecified atom stereocenters. The van der Waals surface area contributed by atoms with Crippen LogP contribution in [0.15, 0.2) is 35.9 Å². The number of aliphatic hydroxyl groups excluding tert-OH is 1. The average molecular weight is 522 g/mol. The summed E-state index contributed by atoms with van der Waals surface area (Å²) in [4.78, 5) is 20.9. The minimum absolute atomic E-state index is 0.0238. The summed E-state index contributed by atoms with van der Waals surface area (Å²) in [5.41, 5.74) is 7.89. The van der Waals surface area contributed by atoms with Gasteiger partial charge in [-0.05, 0) is 92.8 Å². The van der Waals surface area contributed by atoms with Crippen molar-refractivity contribution in [3.8, 4) is 0 Å². The Morgan fingerprint density at radius 2 is 1.89 bits per heavy atom. The van der Waals surface area contributed by atoms with Crippen LogP contribution in [0, 0.1) is 5.92 Å². The molecule has 5 heteroatoms. The lowest BCUT2D eigenvalue weighted by molar-refractivity contribution is -0.133. The van der Waals surface area contributed by atoms with E-state index in [2.05, 4.69) is 88.7 Å². The molecular formula is C33H51N3O2. The molecule has 2 N–H and O–H groups in total. The fraction of sp³-hybridized carbons (Fsp3) is 0.606. The molecule has 0 saturated carbocycles. The standard InChI is InChI=1S/C33H51N3O2/c1-8-10-28(19-23(3)4)33-32(24(5)6)29-20-27(11-12-30(29)34-33)26-13-15-35(16-14-26)22-31(38)36(17-18-37)21-25(7)9-2/h10-12,19-20,24-26,34,37H,8-9,13-18,21-22H2,1-7H3/b28-10+. The number of fused-ring (bicyclic) bond motifs is 1. The molecule has 0 radical (unpaired) electrons. The summed E-state index contributed by atoms with van der Waals surface area (Å²) in [5.74, 6) is 1.53. The number of H-pyrrole nitrogens is 1. The molecule has 5 nitrogen and oxygen atoms in total. The number of piperidine rings is 1. The number of nitrogens with zero attached hydrogens (tertiary/aromatic N) is 2. The topological polar surface area (TPSA) is 59.6 Å². The van der Waals surface area contributed by atoms with Crippen LogP contribution in [0.25, 0.3) is 16.5 Å². The SMILES string of the molecule is CC/C=C(\C=C(C)C)c1[nH]c2ccc(C3CCN(CC(=O)N(CCO)CC(C)CC)CC3)cc2c1C(C)C. The summed E-state index contributed by atoms with van der Waals surface area (Å²) < 4.78 is 0. The fourth-order valence-corrected chi connectivity index (χ4v) is 5.74. The number of amides is 1. The summed E-state index contributed by atoms with van der Waals surface area (Å²) >= 11 is 0. The van der Waals surface area contributed by atoms with Gasteiger partial charge >= 0.3 is 0 Å². The number of carbonyl (C=O) groups is 1. The van der Waals surface area contributed by atoms with Gasteiger partial charge in [0.2, 0.25) is 5.91 Å². The van der Waals surface area contributed by atoms with Crippen molar-refractivity contribution in [2.75, 3.05) is 39.3 Å². The molecule has 1 fully saturated rings. The van der Waals surface area contributed by atoms with E-state index < -0.39 is 0 Å². The van der Waals surface area contributed by atoms with Crippen LogP contribution in [-0.4, -0.2) is 65.1 Å². The highest BCUT2D eigenvalue weighted by atomic mass is 16.3. The first-order valence-electron chi connectivity index (χ1n) is 14.8. The van der Waals surface area contributed by atoms with Crippen LogP contribution >= 0.6 is 0 Å². The van der Waals surface area contributed by atoms with Crippen molar-refractivity contribution < 1.29 is 9.90 Å². The summed E-state index contributed by atoms with van der Waals surface area (Å²) in [6.45, 7) is 18.9. The van der Waals surface area contributed by atoms with Crippen LogP contribution in [0.4, 0.5) is 0 Å². The second-order valence-electron chi connectivity index (χ2n) is 11.8. The van der Waals surface area contributed by atoms with E-state index in [-0.39, 0.29) is 12.5 Å². The van der Waals surface area contributed by atoms with Gasteiger partial charge in [-0.3, -0.25) is 9.69 Å². The third kappa shape index (κ3) is 7.60. The monoisotopic (exact) mass is 521 g/mol. The molecule has 0 bridgehead atoms. The third-order valence-electron chi connectivity index (χ3n) is 7.97. The number of rotatable bonds is 12. The zero-order chi connectivity index (χ0) is 27.8. The maximum absolute atomic E-state index is 13.0. The van der Waals surface area contributed by atoms with Gasteiger partial charge in [0.1, 0.15) is 0 Å². The molecule has 3 rings (SSSR count). The predicted molar refractivity (Wildman–Crippen MR) is 162 cm³/mol. The van der Waals surface area contributed by atoms with E-state index in [4.69, 9.17) is 0 Å². The summed E-state index contributed by atoms with van der Waals surface area (Å²) in [6, 6.07) is 7.00. The van der Waals surface area contributed by atoms with E-state index in [9.17, 15) is 9.90 Å². The van der Waals surface area contributed by atoms with Gasteiger partial charge in [-0.25, -0.2) is 0 Å². The number of hydrogen-bond acceptors (Lipinski definition) is 3. The van der Waals surface area contributed by atoms with Crippen molar-refractivity contribution in [1.29, 1.82) is 0 Å². The molecule has 0 spiro atoms. The molecule has 1 aromatic carbocycles. The lowest BCUT2D eigenvalue weighted by Crippen LogP contribution is -2.45. The van der Waals surface area contributed by atoms with E-state index in [0.29, 0.717) is 30.8 Å². The van der Waals surface area contributed by atoms with Crippen LogP contribution in [0.1, 0.15) is 103 Å². The summed E-state index contributed by atoms with van der Waals surface area (Å²) in [6.07, 6.45) is 8.80. The van der Waals surface area contributed by atoms with Gasteiger partial charge in [-0.15, -0.1) is 0 Å². The number of allylic oxidation sites excluding steroid dienone is 4. The van der Waals surface area contributed by atoms with Crippen molar-refractivity contribution in [2.24, 2.45) is 5.92 Å².